The van der Waals surface area contributed by atoms with E-state index in [0.29, 0.717) is 18.0 Å². The van der Waals surface area contributed by atoms with Gasteiger partial charge in [0.1, 0.15) is 0 Å². The highest BCUT2D eigenvalue weighted by Gasteiger charge is 2.23. The van der Waals surface area contributed by atoms with E-state index < -0.39 is 23.7 Å². The van der Waals surface area contributed by atoms with Gasteiger partial charge in [0.05, 0.1) is 15.5 Å². The number of esters is 1. The molecule has 3 rings (SSSR count). The van der Waals surface area contributed by atoms with Crippen molar-refractivity contribution in [3.63, 3.8) is 0 Å². The molecule has 0 fully saturated rings. The molecule has 124 valence electrons. The highest BCUT2D eigenvalue weighted by atomic mass is 35.5. The first-order valence-corrected chi connectivity index (χ1v) is 7.94. The van der Waals surface area contributed by atoms with Crippen LogP contribution in [0.1, 0.15) is 29.3 Å². The van der Waals surface area contributed by atoms with Crippen molar-refractivity contribution in [1.29, 1.82) is 0 Å². The van der Waals surface area contributed by atoms with Gasteiger partial charge in [-0.25, -0.2) is 13.6 Å². The number of nitrogens with zero attached hydrogens (tertiary/aromatic N) is 2. The number of aromatic nitrogens is 2. The zero-order valence-corrected chi connectivity index (χ0v) is 13.7. The van der Waals surface area contributed by atoms with Crippen LogP contribution >= 0.6 is 22.9 Å². The first-order chi connectivity index (χ1) is 11.5. The van der Waals surface area contributed by atoms with E-state index in [2.05, 4.69) is 10.2 Å². The quantitative estimate of drug-likeness (QED) is 0.494. The molecule has 0 unspecified atom stereocenters. The fraction of sp³-hybridized carbons (Fsp3) is 0.133. The van der Waals surface area contributed by atoms with Crippen molar-refractivity contribution in [1.82, 2.24) is 10.2 Å². The Bertz CT molecular complexity index is 883. The van der Waals surface area contributed by atoms with Gasteiger partial charge >= 0.3 is 5.97 Å². The van der Waals surface area contributed by atoms with E-state index >= 15 is 0 Å². The number of carbonyl (C=O) groups excluding carboxylic acids is 1. The van der Waals surface area contributed by atoms with Gasteiger partial charge in [0.15, 0.2) is 17.7 Å². The summed E-state index contributed by atoms with van der Waals surface area (Å²) in [6.45, 7) is 1.51. The minimum atomic E-state index is -1.20. The summed E-state index contributed by atoms with van der Waals surface area (Å²) < 4.78 is 36.9. The first-order valence-electron chi connectivity index (χ1n) is 6.68. The number of hydrogen-bond donors (Lipinski definition) is 0. The van der Waals surface area contributed by atoms with E-state index in [1.165, 1.54) is 18.3 Å². The Kier molecular flexibility index (Phi) is 4.59. The van der Waals surface area contributed by atoms with E-state index in [-0.39, 0.29) is 16.5 Å². The Labute approximate surface area is 143 Å². The number of rotatable bonds is 4. The minimum absolute atomic E-state index is 0.0745. The molecule has 0 radical (unpaired) electrons. The normalized spacial score (nSPS) is 12.2. The molecule has 1 aromatic carbocycles. The van der Waals surface area contributed by atoms with E-state index in [4.69, 9.17) is 20.8 Å². The Hall–Kier alpha value is -2.32. The second kappa shape index (κ2) is 6.66. The third-order valence-electron chi connectivity index (χ3n) is 3.03. The Balaban J connectivity index is 1.76. The van der Waals surface area contributed by atoms with Crippen LogP contribution in [0, 0.1) is 11.6 Å². The van der Waals surface area contributed by atoms with E-state index in [1.54, 1.807) is 6.07 Å². The van der Waals surface area contributed by atoms with Crippen molar-refractivity contribution in [3.8, 4) is 10.8 Å². The maximum Gasteiger partial charge on any atom is 0.340 e. The standard InChI is InChI=1S/C15H9ClF2N2O3S/c1-7(13-19-20-14(23-13)12-3-2-4-24-12)22-15(21)8-5-10(17)11(18)6-9(8)16/h2-7H,1H3/t7-/m1/s1. The van der Waals surface area contributed by atoms with E-state index in [0.717, 1.165) is 4.88 Å². The van der Waals surface area contributed by atoms with Crippen molar-refractivity contribution in [2.45, 2.75) is 13.0 Å². The lowest BCUT2D eigenvalue weighted by Gasteiger charge is -2.10. The van der Waals surface area contributed by atoms with Crippen LogP contribution in [0.3, 0.4) is 0 Å². The minimum Gasteiger partial charge on any atom is -0.449 e. The zero-order chi connectivity index (χ0) is 17.3. The number of benzene rings is 1. The molecule has 0 bridgehead atoms. The molecule has 3 aromatic rings. The van der Waals surface area contributed by atoms with Crippen LogP contribution in [0.2, 0.25) is 5.02 Å². The fourth-order valence-electron chi connectivity index (χ4n) is 1.85. The summed E-state index contributed by atoms with van der Waals surface area (Å²) in [4.78, 5) is 12.8. The van der Waals surface area contributed by atoms with Crippen LogP contribution in [0.4, 0.5) is 8.78 Å². The van der Waals surface area contributed by atoms with Gasteiger partial charge in [-0.15, -0.1) is 21.5 Å². The highest BCUT2D eigenvalue weighted by molar-refractivity contribution is 7.13. The van der Waals surface area contributed by atoms with Gasteiger partial charge in [0.25, 0.3) is 11.8 Å². The maximum absolute atomic E-state index is 13.3. The fourth-order valence-corrected chi connectivity index (χ4v) is 2.72. The van der Waals surface area contributed by atoms with Crippen LogP contribution in [0.25, 0.3) is 10.8 Å². The Morgan fingerprint density at radius 2 is 2.08 bits per heavy atom. The number of carbonyl (C=O) groups is 1. The third-order valence-corrected chi connectivity index (χ3v) is 4.20. The van der Waals surface area contributed by atoms with Gasteiger partial charge in [-0.1, -0.05) is 17.7 Å². The summed E-state index contributed by atoms with van der Waals surface area (Å²) in [5.74, 6) is -2.90. The topological polar surface area (TPSA) is 65.2 Å². The summed E-state index contributed by atoms with van der Waals surface area (Å²) in [6, 6.07) is 5.02. The number of halogens is 3. The van der Waals surface area contributed by atoms with Gasteiger partial charge in [0.2, 0.25) is 0 Å². The van der Waals surface area contributed by atoms with E-state index in [9.17, 15) is 13.6 Å². The molecule has 0 N–H and O–H groups in total. The Morgan fingerprint density at radius 3 is 2.79 bits per heavy atom. The molecule has 2 heterocycles. The molecule has 0 aliphatic rings. The predicted octanol–water partition coefficient (Wildman–Crippen LogP) is 4.65. The van der Waals surface area contributed by atoms with Gasteiger partial charge in [-0.2, -0.15) is 0 Å². The van der Waals surface area contributed by atoms with Crippen molar-refractivity contribution in [2.75, 3.05) is 0 Å². The first kappa shape index (κ1) is 16.5. The average Bonchev–Trinajstić information content (AvgIpc) is 3.20. The predicted molar refractivity (Wildman–Crippen MR) is 82.8 cm³/mol. The van der Waals surface area contributed by atoms with Crippen molar-refractivity contribution < 1.29 is 22.7 Å². The van der Waals surface area contributed by atoms with Crippen LogP contribution in [0.15, 0.2) is 34.1 Å². The monoisotopic (exact) mass is 370 g/mol. The molecular weight excluding hydrogens is 362 g/mol. The molecule has 0 amide bonds. The van der Waals surface area contributed by atoms with Gasteiger partial charge in [-0.3, -0.25) is 0 Å². The highest BCUT2D eigenvalue weighted by Crippen LogP contribution is 2.27. The lowest BCUT2D eigenvalue weighted by Crippen LogP contribution is -2.11. The molecule has 9 heteroatoms. The van der Waals surface area contributed by atoms with Crippen molar-refractivity contribution >= 4 is 28.9 Å². The number of ether oxygens (including phenoxy) is 1. The molecule has 1 atom stereocenters. The van der Waals surface area contributed by atoms with Crippen LogP contribution in [0.5, 0.6) is 0 Å². The maximum atomic E-state index is 13.3. The van der Waals surface area contributed by atoms with Gasteiger partial charge in [0, 0.05) is 0 Å². The lowest BCUT2D eigenvalue weighted by atomic mass is 10.2. The number of hydrogen-bond acceptors (Lipinski definition) is 6. The molecular formula is C15H9ClF2N2O3S. The largest absolute Gasteiger partial charge is 0.449 e. The molecule has 24 heavy (non-hydrogen) atoms. The van der Waals surface area contributed by atoms with Crippen LogP contribution in [-0.4, -0.2) is 16.2 Å². The molecule has 0 saturated carbocycles. The van der Waals surface area contributed by atoms with Crippen LogP contribution in [-0.2, 0) is 4.74 Å². The third kappa shape index (κ3) is 3.29. The second-order valence-corrected chi connectivity index (χ2v) is 6.07. The lowest BCUT2D eigenvalue weighted by molar-refractivity contribution is 0.0279. The summed E-state index contributed by atoms with van der Waals surface area (Å²) in [5.41, 5.74) is -0.291. The van der Waals surface area contributed by atoms with E-state index in [1.807, 2.05) is 11.4 Å². The molecule has 2 aromatic heterocycles. The summed E-state index contributed by atoms with van der Waals surface area (Å²) >= 11 is 7.16. The molecule has 0 spiro atoms. The molecule has 0 aliphatic heterocycles. The molecule has 0 saturated heterocycles. The molecule has 5 nitrogen and oxygen atoms in total. The second-order valence-electron chi connectivity index (χ2n) is 4.72. The number of thiophene rings is 1. The SMILES string of the molecule is C[C@@H](OC(=O)c1cc(F)c(F)cc1Cl)c1nnc(-c2cccs2)o1. The average molecular weight is 371 g/mol. The Morgan fingerprint density at radius 1 is 1.33 bits per heavy atom. The summed E-state index contributed by atoms with van der Waals surface area (Å²) in [6.07, 6.45) is -0.886. The zero-order valence-electron chi connectivity index (χ0n) is 12.1. The van der Waals surface area contributed by atoms with Gasteiger partial charge < -0.3 is 9.15 Å². The summed E-state index contributed by atoms with van der Waals surface area (Å²) in [7, 11) is 0. The van der Waals surface area contributed by atoms with Crippen molar-refractivity contribution in [2.24, 2.45) is 0 Å². The smallest absolute Gasteiger partial charge is 0.340 e. The van der Waals surface area contributed by atoms with Crippen LogP contribution < -0.4 is 0 Å². The van der Waals surface area contributed by atoms with Gasteiger partial charge in [-0.05, 0) is 30.5 Å². The molecule has 0 aliphatic carbocycles. The summed E-state index contributed by atoms with van der Waals surface area (Å²) in [5, 5.41) is 9.29. The van der Waals surface area contributed by atoms with Crippen molar-refractivity contribution in [3.05, 3.63) is 57.8 Å².